The molecular formula is C10H13F2NO. The van der Waals surface area contributed by atoms with Gasteiger partial charge in [-0.25, -0.2) is 8.78 Å². The summed E-state index contributed by atoms with van der Waals surface area (Å²) in [5.41, 5.74) is 6.16. The first-order chi connectivity index (χ1) is 6.63. The van der Waals surface area contributed by atoms with Gasteiger partial charge in [-0.2, -0.15) is 0 Å². The highest BCUT2D eigenvalue weighted by molar-refractivity contribution is 5.20. The summed E-state index contributed by atoms with van der Waals surface area (Å²) in [6, 6.07) is 2.92. The summed E-state index contributed by atoms with van der Waals surface area (Å²) in [7, 11) is 1.55. The second-order valence-electron chi connectivity index (χ2n) is 3.09. The Morgan fingerprint density at radius 3 is 2.36 bits per heavy atom. The normalized spacial score (nSPS) is 12.9. The summed E-state index contributed by atoms with van der Waals surface area (Å²) < 4.78 is 30.4. The highest BCUT2D eigenvalue weighted by atomic mass is 19.1. The van der Waals surface area contributed by atoms with Gasteiger partial charge >= 0.3 is 0 Å². The van der Waals surface area contributed by atoms with Crippen molar-refractivity contribution in [2.45, 2.75) is 12.5 Å². The maximum absolute atomic E-state index is 12.8. The molecule has 1 rings (SSSR count). The lowest BCUT2D eigenvalue weighted by molar-refractivity contribution is 0.188. The van der Waals surface area contributed by atoms with Crippen LogP contribution in [0.3, 0.4) is 0 Å². The van der Waals surface area contributed by atoms with Crippen LogP contribution in [-0.2, 0) is 4.74 Å². The molecule has 1 aromatic carbocycles. The Balaban J connectivity index is 2.73. The number of halogens is 2. The van der Waals surface area contributed by atoms with Gasteiger partial charge in [0, 0.05) is 25.8 Å². The maximum Gasteiger partial charge on any atom is 0.126 e. The van der Waals surface area contributed by atoms with Crippen LogP contribution in [0.25, 0.3) is 0 Å². The van der Waals surface area contributed by atoms with Crippen LogP contribution in [0, 0.1) is 11.6 Å². The van der Waals surface area contributed by atoms with Gasteiger partial charge in [-0.15, -0.1) is 0 Å². The van der Waals surface area contributed by atoms with E-state index in [9.17, 15) is 8.78 Å². The van der Waals surface area contributed by atoms with Crippen molar-refractivity contribution in [2.24, 2.45) is 5.73 Å². The summed E-state index contributed by atoms with van der Waals surface area (Å²) in [5.74, 6) is -1.21. The fourth-order valence-corrected chi connectivity index (χ4v) is 1.20. The zero-order valence-electron chi connectivity index (χ0n) is 7.97. The predicted molar refractivity (Wildman–Crippen MR) is 49.8 cm³/mol. The van der Waals surface area contributed by atoms with Gasteiger partial charge < -0.3 is 10.5 Å². The number of nitrogens with two attached hydrogens (primary N) is 1. The Bertz CT molecular complexity index is 284. The molecule has 0 aliphatic rings. The van der Waals surface area contributed by atoms with E-state index in [1.807, 2.05) is 0 Å². The van der Waals surface area contributed by atoms with Crippen molar-refractivity contribution in [3.8, 4) is 0 Å². The highest BCUT2D eigenvalue weighted by Gasteiger charge is 2.08. The van der Waals surface area contributed by atoms with Gasteiger partial charge in [-0.3, -0.25) is 0 Å². The molecule has 0 aromatic heterocycles. The molecule has 0 fully saturated rings. The van der Waals surface area contributed by atoms with Crippen LogP contribution in [0.2, 0.25) is 0 Å². The number of rotatable bonds is 4. The van der Waals surface area contributed by atoms with Gasteiger partial charge in [0.1, 0.15) is 11.6 Å². The Kier molecular flexibility index (Phi) is 3.98. The van der Waals surface area contributed by atoms with E-state index >= 15 is 0 Å². The van der Waals surface area contributed by atoms with Gasteiger partial charge in [0.25, 0.3) is 0 Å². The monoisotopic (exact) mass is 201 g/mol. The average Bonchev–Trinajstić information content (AvgIpc) is 2.12. The van der Waals surface area contributed by atoms with Crippen LogP contribution in [0.5, 0.6) is 0 Å². The zero-order valence-corrected chi connectivity index (χ0v) is 7.97. The second-order valence-corrected chi connectivity index (χ2v) is 3.09. The molecule has 1 aromatic rings. The van der Waals surface area contributed by atoms with E-state index in [1.54, 1.807) is 7.11 Å². The van der Waals surface area contributed by atoms with Crippen LogP contribution in [0.1, 0.15) is 18.0 Å². The summed E-state index contributed by atoms with van der Waals surface area (Å²) in [6.07, 6.45) is 0.541. The fourth-order valence-electron chi connectivity index (χ4n) is 1.20. The van der Waals surface area contributed by atoms with E-state index in [4.69, 9.17) is 10.5 Å². The second kappa shape index (κ2) is 5.02. The molecule has 0 bridgehead atoms. The molecule has 2 nitrogen and oxygen atoms in total. The lowest BCUT2D eigenvalue weighted by atomic mass is 10.1. The molecule has 0 radical (unpaired) electrons. The Labute approximate surface area is 81.7 Å². The molecule has 0 heterocycles. The minimum atomic E-state index is -0.604. The molecular weight excluding hydrogens is 188 g/mol. The van der Waals surface area contributed by atoms with Gasteiger partial charge in [-0.1, -0.05) is 0 Å². The van der Waals surface area contributed by atoms with Crippen molar-refractivity contribution < 1.29 is 13.5 Å². The van der Waals surface area contributed by atoms with Gasteiger partial charge in [0.05, 0.1) is 0 Å². The minimum absolute atomic E-state index is 0.389. The molecule has 0 aliphatic heterocycles. The Morgan fingerprint density at radius 2 is 1.86 bits per heavy atom. The van der Waals surface area contributed by atoms with Gasteiger partial charge in [0.2, 0.25) is 0 Å². The molecule has 0 saturated carbocycles. The first-order valence-electron chi connectivity index (χ1n) is 4.34. The largest absolute Gasteiger partial charge is 0.385 e. The summed E-state index contributed by atoms with van der Waals surface area (Å²) in [6.45, 7) is 0.472. The third-order valence-corrected chi connectivity index (χ3v) is 1.95. The van der Waals surface area contributed by atoms with E-state index in [2.05, 4.69) is 0 Å². The maximum atomic E-state index is 12.8. The summed E-state index contributed by atoms with van der Waals surface area (Å²) >= 11 is 0. The predicted octanol–water partition coefficient (Wildman–Crippen LogP) is 2.00. The zero-order chi connectivity index (χ0) is 10.6. The van der Waals surface area contributed by atoms with E-state index in [0.29, 0.717) is 18.6 Å². The third kappa shape index (κ3) is 3.05. The molecule has 0 saturated heterocycles. The first kappa shape index (κ1) is 11.1. The smallest absolute Gasteiger partial charge is 0.126 e. The quantitative estimate of drug-likeness (QED) is 0.808. The van der Waals surface area contributed by atoms with Crippen molar-refractivity contribution >= 4 is 0 Å². The molecule has 0 spiro atoms. The van der Waals surface area contributed by atoms with Crippen molar-refractivity contribution in [3.63, 3.8) is 0 Å². The molecule has 1 atom stereocenters. The first-order valence-corrected chi connectivity index (χ1v) is 4.34. The standard InChI is InChI=1S/C10H13F2NO/c1-14-3-2-10(13)7-4-8(11)6-9(12)5-7/h4-6,10H,2-3,13H2,1H3. The third-order valence-electron chi connectivity index (χ3n) is 1.95. The van der Waals surface area contributed by atoms with Crippen molar-refractivity contribution in [1.82, 2.24) is 0 Å². The van der Waals surface area contributed by atoms with E-state index in [-0.39, 0.29) is 6.04 Å². The molecule has 14 heavy (non-hydrogen) atoms. The highest BCUT2D eigenvalue weighted by Crippen LogP contribution is 2.16. The van der Waals surface area contributed by atoms with Gasteiger partial charge in [-0.05, 0) is 24.1 Å². The molecule has 0 aliphatic carbocycles. The number of hydrogen-bond donors (Lipinski definition) is 1. The van der Waals surface area contributed by atoms with Crippen molar-refractivity contribution in [3.05, 3.63) is 35.4 Å². The lowest BCUT2D eigenvalue weighted by Gasteiger charge is -2.11. The van der Waals surface area contributed by atoms with E-state index in [1.165, 1.54) is 12.1 Å². The Hall–Kier alpha value is -1.00. The van der Waals surface area contributed by atoms with Gasteiger partial charge in [0.15, 0.2) is 0 Å². The molecule has 0 amide bonds. The van der Waals surface area contributed by atoms with E-state index in [0.717, 1.165) is 6.07 Å². The fraction of sp³-hybridized carbons (Fsp3) is 0.400. The van der Waals surface area contributed by atoms with Crippen LogP contribution in [0.4, 0.5) is 8.78 Å². The van der Waals surface area contributed by atoms with Crippen LogP contribution < -0.4 is 5.73 Å². The van der Waals surface area contributed by atoms with Crippen LogP contribution in [0.15, 0.2) is 18.2 Å². The van der Waals surface area contributed by atoms with Crippen molar-refractivity contribution in [1.29, 1.82) is 0 Å². The Morgan fingerprint density at radius 1 is 1.29 bits per heavy atom. The lowest BCUT2D eigenvalue weighted by Crippen LogP contribution is -2.13. The summed E-state index contributed by atoms with van der Waals surface area (Å²) in [4.78, 5) is 0. The van der Waals surface area contributed by atoms with Crippen LogP contribution >= 0.6 is 0 Å². The average molecular weight is 201 g/mol. The number of methoxy groups -OCH3 is 1. The molecule has 1 unspecified atom stereocenters. The minimum Gasteiger partial charge on any atom is -0.385 e. The number of benzene rings is 1. The SMILES string of the molecule is COCCC(N)c1cc(F)cc(F)c1. The van der Waals surface area contributed by atoms with Crippen molar-refractivity contribution in [2.75, 3.05) is 13.7 Å². The van der Waals surface area contributed by atoms with E-state index < -0.39 is 11.6 Å². The topological polar surface area (TPSA) is 35.2 Å². The summed E-state index contributed by atoms with van der Waals surface area (Å²) in [5, 5.41) is 0. The molecule has 4 heteroatoms. The number of hydrogen-bond acceptors (Lipinski definition) is 2. The molecule has 2 N–H and O–H groups in total. The number of ether oxygens (including phenoxy) is 1. The molecule has 78 valence electrons. The van der Waals surface area contributed by atoms with Crippen LogP contribution in [-0.4, -0.2) is 13.7 Å².